The molecule has 6 nitrogen and oxygen atoms in total. The van der Waals surface area contributed by atoms with Gasteiger partial charge in [0.25, 0.3) is 0 Å². The summed E-state index contributed by atoms with van der Waals surface area (Å²) in [5.74, 6) is 1.48. The highest BCUT2D eigenvalue weighted by Crippen LogP contribution is 2.28. The molecule has 1 aliphatic carbocycles. The summed E-state index contributed by atoms with van der Waals surface area (Å²) in [6.45, 7) is 8.29. The molecule has 0 radical (unpaired) electrons. The summed E-state index contributed by atoms with van der Waals surface area (Å²) in [5, 5.41) is 6.48. The predicted molar refractivity (Wildman–Crippen MR) is 103 cm³/mol. The summed E-state index contributed by atoms with van der Waals surface area (Å²) in [6.07, 6.45) is 4.77. The minimum atomic E-state index is -0.150. The molecule has 1 aliphatic rings. The van der Waals surface area contributed by atoms with Crippen molar-refractivity contribution in [1.29, 1.82) is 0 Å². The summed E-state index contributed by atoms with van der Waals surface area (Å²) < 4.78 is 10.5. The maximum Gasteiger partial charge on any atom is 0.305 e. The lowest BCUT2D eigenvalue weighted by molar-refractivity contribution is -0.143. The van der Waals surface area contributed by atoms with Gasteiger partial charge in [0.05, 0.1) is 6.61 Å². The molecule has 136 valence electrons. The number of carbonyl (C=O) groups excluding carboxylic acids is 1. The summed E-state index contributed by atoms with van der Waals surface area (Å²) in [6, 6.07) is 0. The maximum absolute atomic E-state index is 11.2. The van der Waals surface area contributed by atoms with Crippen molar-refractivity contribution in [3.8, 4) is 0 Å². The van der Waals surface area contributed by atoms with Crippen molar-refractivity contribution in [3.05, 3.63) is 0 Å². The Morgan fingerprint density at radius 1 is 1.22 bits per heavy atom. The molecule has 7 heteroatoms. The van der Waals surface area contributed by atoms with Crippen molar-refractivity contribution in [2.75, 3.05) is 39.5 Å². The van der Waals surface area contributed by atoms with E-state index in [2.05, 4.69) is 15.6 Å². The van der Waals surface area contributed by atoms with Gasteiger partial charge in [0.15, 0.2) is 5.96 Å². The van der Waals surface area contributed by atoms with Crippen LogP contribution in [0.25, 0.3) is 0 Å². The van der Waals surface area contributed by atoms with E-state index in [0.29, 0.717) is 26.0 Å². The molecule has 0 unspecified atom stereocenters. The lowest BCUT2D eigenvalue weighted by atomic mass is 10.3. The van der Waals surface area contributed by atoms with Crippen LogP contribution in [-0.4, -0.2) is 51.4 Å². The second kappa shape index (κ2) is 15.0. The van der Waals surface area contributed by atoms with Crippen LogP contribution in [0.1, 0.15) is 46.0 Å². The van der Waals surface area contributed by atoms with Gasteiger partial charge in [-0.25, -0.2) is 0 Å². The van der Waals surface area contributed by atoms with E-state index in [1.54, 1.807) is 0 Å². The summed E-state index contributed by atoms with van der Waals surface area (Å²) in [7, 11) is 0. The van der Waals surface area contributed by atoms with E-state index < -0.39 is 0 Å². The number of aliphatic imine (C=N–C) groups is 1. The predicted octanol–water partition coefficient (Wildman–Crippen LogP) is 2.32. The van der Waals surface area contributed by atoms with Gasteiger partial charge in [-0.2, -0.15) is 0 Å². The Bertz CT molecular complexity index is 337. The zero-order chi connectivity index (χ0) is 16.0. The van der Waals surface area contributed by atoms with Gasteiger partial charge in [-0.05, 0) is 45.4 Å². The fourth-order valence-corrected chi connectivity index (χ4v) is 1.90. The highest BCUT2D eigenvalue weighted by Gasteiger charge is 2.20. The second-order valence-corrected chi connectivity index (χ2v) is 5.47. The van der Waals surface area contributed by atoms with Gasteiger partial charge in [0.2, 0.25) is 0 Å². The highest BCUT2D eigenvalue weighted by atomic mass is 127. The van der Waals surface area contributed by atoms with Crippen LogP contribution < -0.4 is 10.6 Å². The van der Waals surface area contributed by atoms with Gasteiger partial charge in [-0.3, -0.25) is 9.79 Å². The van der Waals surface area contributed by atoms with Crippen LogP contribution in [0.2, 0.25) is 0 Å². The first-order valence-electron chi connectivity index (χ1n) is 8.51. The Kier molecular flexibility index (Phi) is 14.6. The number of hydrogen-bond donors (Lipinski definition) is 2. The second-order valence-electron chi connectivity index (χ2n) is 5.47. The molecule has 1 rings (SSSR count). The van der Waals surface area contributed by atoms with Crippen molar-refractivity contribution in [3.63, 3.8) is 0 Å². The molecule has 0 aliphatic heterocycles. The van der Waals surface area contributed by atoms with Crippen molar-refractivity contribution in [1.82, 2.24) is 10.6 Å². The monoisotopic (exact) mass is 441 g/mol. The first-order chi connectivity index (χ1) is 10.8. The third kappa shape index (κ3) is 13.6. The van der Waals surface area contributed by atoms with Gasteiger partial charge in [-0.15, -0.1) is 24.0 Å². The molecule has 0 amide bonds. The molecule has 0 saturated heterocycles. The molecule has 0 aromatic carbocycles. The molecule has 2 N–H and O–H groups in total. The zero-order valence-corrected chi connectivity index (χ0v) is 16.8. The molecule has 0 aromatic heterocycles. The number of rotatable bonds is 12. The van der Waals surface area contributed by atoms with Crippen LogP contribution in [0.4, 0.5) is 0 Å². The van der Waals surface area contributed by atoms with Gasteiger partial charge in [0, 0.05) is 39.3 Å². The number of halogens is 1. The standard InChI is InChI=1S/C16H31N3O3.HI/c1-3-17-16(18-10-5-7-15(20)22-4-2)19-11-6-12-21-13-14-8-9-14;/h14H,3-13H2,1-2H3,(H2,17,18,19);1H. The number of carbonyl (C=O) groups is 1. The van der Waals surface area contributed by atoms with Crippen molar-refractivity contribution in [2.24, 2.45) is 10.9 Å². The quantitative estimate of drug-likeness (QED) is 0.160. The Balaban J connectivity index is 0.00000484. The number of ether oxygens (including phenoxy) is 2. The van der Waals surface area contributed by atoms with E-state index >= 15 is 0 Å². The zero-order valence-electron chi connectivity index (χ0n) is 14.4. The molecule has 0 aromatic rings. The van der Waals surface area contributed by atoms with E-state index in [1.807, 2.05) is 13.8 Å². The normalized spacial score (nSPS) is 14.1. The van der Waals surface area contributed by atoms with Crippen LogP contribution in [0.15, 0.2) is 4.99 Å². The Morgan fingerprint density at radius 2 is 2.00 bits per heavy atom. The Hall–Kier alpha value is -0.570. The molecule has 0 atom stereocenters. The third-order valence-electron chi connectivity index (χ3n) is 3.27. The molecular weight excluding hydrogens is 409 g/mol. The Labute approximate surface area is 157 Å². The molecule has 0 bridgehead atoms. The average molecular weight is 441 g/mol. The fourth-order valence-electron chi connectivity index (χ4n) is 1.90. The van der Waals surface area contributed by atoms with Gasteiger partial charge in [0.1, 0.15) is 0 Å². The van der Waals surface area contributed by atoms with Crippen molar-refractivity contribution < 1.29 is 14.3 Å². The highest BCUT2D eigenvalue weighted by molar-refractivity contribution is 14.0. The van der Waals surface area contributed by atoms with Crippen LogP contribution >= 0.6 is 24.0 Å². The molecular formula is C16H32IN3O3. The van der Waals surface area contributed by atoms with Crippen molar-refractivity contribution in [2.45, 2.75) is 46.0 Å². The van der Waals surface area contributed by atoms with Gasteiger partial charge in [-0.1, -0.05) is 0 Å². The van der Waals surface area contributed by atoms with Crippen LogP contribution in [0.5, 0.6) is 0 Å². The maximum atomic E-state index is 11.2. The minimum Gasteiger partial charge on any atom is -0.466 e. The molecule has 1 fully saturated rings. The fraction of sp³-hybridized carbons (Fsp3) is 0.875. The number of esters is 1. The van der Waals surface area contributed by atoms with Crippen LogP contribution in [0.3, 0.4) is 0 Å². The van der Waals surface area contributed by atoms with E-state index in [4.69, 9.17) is 9.47 Å². The first-order valence-corrected chi connectivity index (χ1v) is 8.51. The third-order valence-corrected chi connectivity index (χ3v) is 3.27. The SMILES string of the molecule is CCNC(=NCCCC(=O)OCC)NCCCOCC1CC1.I. The topological polar surface area (TPSA) is 72.0 Å². The molecule has 23 heavy (non-hydrogen) atoms. The van der Waals surface area contributed by atoms with Crippen LogP contribution in [-0.2, 0) is 14.3 Å². The summed E-state index contributed by atoms with van der Waals surface area (Å²) >= 11 is 0. The summed E-state index contributed by atoms with van der Waals surface area (Å²) in [4.78, 5) is 15.7. The average Bonchev–Trinajstić information content (AvgIpc) is 3.31. The number of nitrogens with zero attached hydrogens (tertiary/aromatic N) is 1. The van der Waals surface area contributed by atoms with Crippen LogP contribution in [0, 0.1) is 5.92 Å². The number of hydrogen-bond acceptors (Lipinski definition) is 4. The van der Waals surface area contributed by atoms with E-state index in [1.165, 1.54) is 12.8 Å². The molecule has 1 saturated carbocycles. The minimum absolute atomic E-state index is 0. The van der Waals surface area contributed by atoms with E-state index in [9.17, 15) is 4.79 Å². The Morgan fingerprint density at radius 3 is 2.65 bits per heavy atom. The first kappa shape index (κ1) is 22.4. The smallest absolute Gasteiger partial charge is 0.305 e. The molecule has 0 heterocycles. The molecule has 0 spiro atoms. The lowest BCUT2D eigenvalue weighted by Gasteiger charge is -2.11. The van der Waals surface area contributed by atoms with Gasteiger partial charge >= 0.3 is 5.97 Å². The van der Waals surface area contributed by atoms with Gasteiger partial charge < -0.3 is 20.1 Å². The summed E-state index contributed by atoms with van der Waals surface area (Å²) in [5.41, 5.74) is 0. The van der Waals surface area contributed by atoms with E-state index in [-0.39, 0.29) is 29.9 Å². The number of guanidine groups is 1. The number of nitrogens with one attached hydrogen (secondary N) is 2. The largest absolute Gasteiger partial charge is 0.466 e. The van der Waals surface area contributed by atoms with E-state index in [0.717, 1.165) is 44.6 Å². The lowest BCUT2D eigenvalue weighted by Crippen LogP contribution is -2.38. The van der Waals surface area contributed by atoms with Crippen molar-refractivity contribution >= 4 is 35.9 Å².